The van der Waals surface area contributed by atoms with Gasteiger partial charge >= 0.3 is 0 Å². The molecule has 0 amide bonds. The lowest BCUT2D eigenvalue weighted by Crippen LogP contribution is -2.44. The third-order valence-electron chi connectivity index (χ3n) is 5.32. The van der Waals surface area contributed by atoms with Gasteiger partial charge in [0.1, 0.15) is 16.7 Å². The van der Waals surface area contributed by atoms with Crippen LogP contribution in [0.3, 0.4) is 0 Å². The first-order chi connectivity index (χ1) is 12.4. The molecule has 0 saturated carbocycles. The quantitative estimate of drug-likeness (QED) is 0.794. The van der Waals surface area contributed by atoms with E-state index in [1.807, 2.05) is 25.5 Å². The van der Waals surface area contributed by atoms with Gasteiger partial charge in [-0.15, -0.1) is 0 Å². The van der Waals surface area contributed by atoms with Crippen LogP contribution < -0.4 is 4.74 Å². The summed E-state index contributed by atoms with van der Waals surface area (Å²) in [5, 5.41) is 4.22. The van der Waals surface area contributed by atoms with E-state index in [-0.39, 0.29) is 17.0 Å². The molecule has 2 aromatic rings. The Morgan fingerprint density at radius 1 is 1.19 bits per heavy atom. The van der Waals surface area contributed by atoms with E-state index in [0.717, 1.165) is 32.5 Å². The number of likely N-dealkylation sites (N-methyl/N-ethyl adjacent to an activating group) is 1. The van der Waals surface area contributed by atoms with Crippen LogP contribution in [0.4, 0.5) is 0 Å². The molecule has 4 rings (SSSR count). The number of rotatable bonds is 2. The first-order valence-corrected chi connectivity index (χ1v) is 10.3. The van der Waals surface area contributed by atoms with Crippen molar-refractivity contribution < 1.29 is 13.2 Å². The molecule has 8 heteroatoms. The third-order valence-corrected chi connectivity index (χ3v) is 7.24. The number of para-hydroxylation sites is 1. The highest BCUT2D eigenvalue weighted by molar-refractivity contribution is 7.89. The Kier molecular flexibility index (Phi) is 4.50. The second-order valence-corrected chi connectivity index (χ2v) is 9.03. The van der Waals surface area contributed by atoms with Crippen LogP contribution in [0, 0.1) is 0 Å². The standard InChI is InChI=1S/C18H24N4O3S/c1-20-12-14(11-19-20)13-22-9-7-15-16(8-10-22)25-17-5-3-4-6-18(17)26(23,24)21(15)2/h3-6,11-12,15-16H,7-10,13H2,1-2H3/t15-,16-/m1/s1. The van der Waals surface area contributed by atoms with Crippen molar-refractivity contribution in [2.45, 2.75) is 36.4 Å². The smallest absolute Gasteiger partial charge is 0.246 e. The predicted octanol–water partition coefficient (Wildman–Crippen LogP) is 1.47. The van der Waals surface area contributed by atoms with Crippen LogP contribution in [0.5, 0.6) is 5.75 Å². The largest absolute Gasteiger partial charge is 0.487 e. The van der Waals surface area contributed by atoms with Crippen molar-refractivity contribution in [1.82, 2.24) is 19.0 Å². The van der Waals surface area contributed by atoms with Gasteiger partial charge in [-0.05, 0) is 25.0 Å². The Hall–Kier alpha value is -1.90. The molecule has 26 heavy (non-hydrogen) atoms. The van der Waals surface area contributed by atoms with Gasteiger partial charge in [-0.1, -0.05) is 12.1 Å². The van der Waals surface area contributed by atoms with Gasteiger partial charge in [0.15, 0.2) is 0 Å². The van der Waals surface area contributed by atoms with Crippen molar-refractivity contribution in [1.29, 1.82) is 0 Å². The topological polar surface area (TPSA) is 67.7 Å². The van der Waals surface area contributed by atoms with Gasteiger partial charge in [-0.3, -0.25) is 9.58 Å². The van der Waals surface area contributed by atoms with Crippen LogP contribution >= 0.6 is 0 Å². The molecule has 0 aliphatic carbocycles. The summed E-state index contributed by atoms with van der Waals surface area (Å²) in [6.07, 6.45) is 5.30. The summed E-state index contributed by atoms with van der Waals surface area (Å²) in [6.45, 7) is 2.52. The average Bonchev–Trinajstić information content (AvgIpc) is 2.89. The van der Waals surface area contributed by atoms with Crippen LogP contribution in [-0.4, -0.2) is 59.7 Å². The second kappa shape index (κ2) is 6.68. The lowest BCUT2D eigenvalue weighted by atomic mass is 10.1. The minimum Gasteiger partial charge on any atom is -0.487 e. The zero-order valence-electron chi connectivity index (χ0n) is 15.1. The van der Waals surface area contributed by atoms with E-state index >= 15 is 0 Å². The summed E-state index contributed by atoms with van der Waals surface area (Å²) >= 11 is 0. The molecule has 1 fully saturated rings. The highest BCUT2D eigenvalue weighted by atomic mass is 32.2. The van der Waals surface area contributed by atoms with E-state index < -0.39 is 10.0 Å². The summed E-state index contributed by atoms with van der Waals surface area (Å²) in [5.74, 6) is 0.465. The number of sulfonamides is 1. The van der Waals surface area contributed by atoms with E-state index in [1.54, 1.807) is 29.9 Å². The molecule has 0 N–H and O–H groups in total. The molecular formula is C18H24N4O3S. The SMILES string of the molecule is CN1[C@@H]2CCN(Cc3cnn(C)c3)CC[C@H]2Oc2ccccc2S1(=O)=O. The normalized spacial score (nSPS) is 26.2. The molecule has 140 valence electrons. The van der Waals surface area contributed by atoms with Gasteiger partial charge in [-0.2, -0.15) is 9.40 Å². The van der Waals surface area contributed by atoms with Crippen molar-refractivity contribution in [3.8, 4) is 5.75 Å². The van der Waals surface area contributed by atoms with E-state index in [4.69, 9.17) is 4.74 Å². The number of ether oxygens (including phenoxy) is 1. The Morgan fingerprint density at radius 3 is 2.73 bits per heavy atom. The van der Waals surface area contributed by atoms with Crippen LogP contribution in [-0.2, 0) is 23.6 Å². The molecule has 1 aromatic carbocycles. The molecule has 0 radical (unpaired) electrons. The van der Waals surface area contributed by atoms with Crippen LogP contribution in [0.15, 0.2) is 41.6 Å². The first kappa shape index (κ1) is 17.5. The second-order valence-electron chi connectivity index (χ2n) is 7.07. The van der Waals surface area contributed by atoms with Crippen molar-refractivity contribution in [2.24, 2.45) is 7.05 Å². The summed E-state index contributed by atoms with van der Waals surface area (Å²) < 4.78 is 35.5. The van der Waals surface area contributed by atoms with Crippen molar-refractivity contribution in [3.63, 3.8) is 0 Å². The number of hydrogen-bond acceptors (Lipinski definition) is 5. The van der Waals surface area contributed by atoms with Crippen molar-refractivity contribution in [2.75, 3.05) is 20.1 Å². The lowest BCUT2D eigenvalue weighted by molar-refractivity contribution is 0.122. The first-order valence-electron chi connectivity index (χ1n) is 8.89. The highest BCUT2D eigenvalue weighted by Crippen LogP contribution is 2.35. The Balaban J connectivity index is 1.57. The lowest BCUT2D eigenvalue weighted by Gasteiger charge is -2.28. The van der Waals surface area contributed by atoms with E-state index in [2.05, 4.69) is 10.00 Å². The maximum atomic E-state index is 13.0. The molecule has 1 aromatic heterocycles. The molecule has 2 atom stereocenters. The molecular weight excluding hydrogens is 352 g/mol. The number of nitrogens with zero attached hydrogens (tertiary/aromatic N) is 4. The monoisotopic (exact) mass is 376 g/mol. The summed E-state index contributed by atoms with van der Waals surface area (Å²) in [5.41, 5.74) is 1.17. The average molecular weight is 376 g/mol. The molecule has 7 nitrogen and oxygen atoms in total. The van der Waals surface area contributed by atoms with E-state index in [0.29, 0.717) is 5.75 Å². The van der Waals surface area contributed by atoms with Gasteiger partial charge in [0.2, 0.25) is 10.0 Å². The van der Waals surface area contributed by atoms with Crippen molar-refractivity contribution in [3.05, 3.63) is 42.2 Å². The molecule has 2 aliphatic heterocycles. The number of aryl methyl sites for hydroxylation is 1. The fourth-order valence-corrected chi connectivity index (χ4v) is 5.42. The van der Waals surface area contributed by atoms with Gasteiger partial charge in [-0.25, -0.2) is 8.42 Å². The van der Waals surface area contributed by atoms with Crippen LogP contribution in [0.2, 0.25) is 0 Å². The minimum atomic E-state index is -3.54. The van der Waals surface area contributed by atoms with E-state index in [1.165, 1.54) is 9.87 Å². The molecule has 0 bridgehead atoms. The summed E-state index contributed by atoms with van der Waals surface area (Å²) in [7, 11) is 0.0473. The molecule has 1 saturated heterocycles. The van der Waals surface area contributed by atoms with Gasteiger partial charge in [0, 0.05) is 45.5 Å². The highest BCUT2D eigenvalue weighted by Gasteiger charge is 2.41. The summed E-state index contributed by atoms with van der Waals surface area (Å²) in [4.78, 5) is 2.62. The number of hydrogen-bond donors (Lipinski definition) is 0. The van der Waals surface area contributed by atoms with Crippen molar-refractivity contribution >= 4 is 10.0 Å². The third kappa shape index (κ3) is 3.13. The van der Waals surface area contributed by atoms with Crippen LogP contribution in [0.1, 0.15) is 18.4 Å². The number of aromatic nitrogens is 2. The molecule has 3 heterocycles. The number of likely N-dealkylation sites (tertiary alicyclic amines) is 1. The fourth-order valence-electron chi connectivity index (χ4n) is 3.90. The van der Waals surface area contributed by atoms with E-state index in [9.17, 15) is 8.42 Å². The predicted molar refractivity (Wildman–Crippen MR) is 97.3 cm³/mol. The Bertz CT molecular complexity index is 895. The minimum absolute atomic E-state index is 0.141. The number of fused-ring (bicyclic) bond motifs is 2. The Morgan fingerprint density at radius 2 is 1.96 bits per heavy atom. The molecule has 2 aliphatic rings. The fraction of sp³-hybridized carbons (Fsp3) is 0.500. The van der Waals surface area contributed by atoms with Gasteiger partial charge < -0.3 is 4.74 Å². The summed E-state index contributed by atoms with van der Waals surface area (Å²) in [6, 6.07) is 6.78. The maximum absolute atomic E-state index is 13.0. The Labute approximate surface area is 154 Å². The maximum Gasteiger partial charge on any atom is 0.246 e. The molecule has 0 unspecified atom stereocenters. The zero-order chi connectivity index (χ0) is 18.3. The van der Waals surface area contributed by atoms with Crippen LogP contribution in [0.25, 0.3) is 0 Å². The van der Waals surface area contributed by atoms with Gasteiger partial charge in [0.25, 0.3) is 0 Å². The van der Waals surface area contributed by atoms with Gasteiger partial charge in [0.05, 0.1) is 12.2 Å². The number of benzene rings is 1. The zero-order valence-corrected chi connectivity index (χ0v) is 15.9. The molecule has 0 spiro atoms.